The van der Waals surface area contributed by atoms with Crippen LogP contribution in [0.15, 0.2) is 29.8 Å². The number of hydrogen-bond acceptors (Lipinski definition) is 7. The van der Waals surface area contributed by atoms with Crippen LogP contribution in [-0.2, 0) is 9.53 Å². The first-order valence-corrected chi connectivity index (χ1v) is 7.66. The van der Waals surface area contributed by atoms with Gasteiger partial charge in [-0.25, -0.2) is 4.79 Å². The van der Waals surface area contributed by atoms with Crippen LogP contribution in [0.1, 0.15) is 19.8 Å². The number of benzene rings is 1. The monoisotopic (exact) mass is 341 g/mol. The highest BCUT2D eigenvalue weighted by atomic mass is 35.5. The van der Waals surface area contributed by atoms with E-state index in [2.05, 4.69) is 5.43 Å². The van der Waals surface area contributed by atoms with Gasteiger partial charge in [0.2, 0.25) is 5.88 Å². The largest absolute Gasteiger partial charge is 0.493 e. The predicted octanol–water partition coefficient (Wildman–Crippen LogP) is 1.66. The molecule has 0 saturated heterocycles. The van der Waals surface area contributed by atoms with Crippen LogP contribution in [-0.4, -0.2) is 19.2 Å². The van der Waals surface area contributed by atoms with E-state index in [1.807, 2.05) is 0 Å². The summed E-state index contributed by atoms with van der Waals surface area (Å²) in [6.07, 6.45) is 2.38. The van der Waals surface area contributed by atoms with E-state index in [1.165, 1.54) is 12.8 Å². The molecule has 1 saturated carbocycles. The van der Waals surface area contributed by atoms with Crippen molar-refractivity contribution in [2.45, 2.75) is 19.8 Å². The second-order valence-electron chi connectivity index (χ2n) is 5.05. The lowest BCUT2D eigenvalue weighted by molar-refractivity contribution is -0.139. The molecule has 1 aliphatic carbocycles. The molecule has 8 heteroatoms. The minimum absolute atomic E-state index is 0.183. The molecule has 0 unspecified atom stereocenters. The molecule has 1 fully saturated rings. The van der Waals surface area contributed by atoms with Gasteiger partial charge >= 0.3 is 5.97 Å². The standard InChI is InChI=1S/C15H20ClN3O4/c1-2-21-15(20)13(19-18)14(17)23-12-7-10(5-6-11(12)16)22-8-9-3-4-9/h5-7,9,19H,2-4,8,17-18H2,1H3/b14-13+. The maximum Gasteiger partial charge on any atom is 0.361 e. The molecule has 0 bridgehead atoms. The third-order valence-corrected chi connectivity index (χ3v) is 3.49. The molecule has 0 amide bonds. The Morgan fingerprint density at radius 1 is 1.43 bits per heavy atom. The highest BCUT2D eigenvalue weighted by Gasteiger charge is 2.22. The number of ether oxygens (including phenoxy) is 3. The summed E-state index contributed by atoms with van der Waals surface area (Å²) in [5, 5.41) is 0.326. The third kappa shape index (κ3) is 4.94. The second kappa shape index (κ2) is 7.94. The van der Waals surface area contributed by atoms with Crippen LogP contribution in [0.25, 0.3) is 0 Å². The van der Waals surface area contributed by atoms with Gasteiger partial charge in [-0.3, -0.25) is 5.84 Å². The van der Waals surface area contributed by atoms with Gasteiger partial charge in [0.1, 0.15) is 5.75 Å². The predicted molar refractivity (Wildman–Crippen MR) is 85.5 cm³/mol. The topological polar surface area (TPSA) is 109 Å². The summed E-state index contributed by atoms with van der Waals surface area (Å²) in [5.74, 6) is 5.82. The molecule has 7 nitrogen and oxygen atoms in total. The number of nitrogens with one attached hydrogen (secondary N) is 1. The van der Waals surface area contributed by atoms with Gasteiger partial charge in [-0.1, -0.05) is 11.6 Å². The molecule has 0 aliphatic heterocycles. The van der Waals surface area contributed by atoms with Crippen molar-refractivity contribution < 1.29 is 19.0 Å². The Hall–Kier alpha value is -2.12. The zero-order chi connectivity index (χ0) is 16.8. The van der Waals surface area contributed by atoms with E-state index in [0.717, 1.165) is 0 Å². The van der Waals surface area contributed by atoms with Gasteiger partial charge in [0.05, 0.1) is 18.2 Å². The molecule has 1 aliphatic rings. The molecule has 1 aromatic rings. The fourth-order valence-electron chi connectivity index (χ4n) is 1.75. The number of nitrogens with two attached hydrogens (primary N) is 2. The van der Waals surface area contributed by atoms with Crippen molar-refractivity contribution in [2.75, 3.05) is 13.2 Å². The van der Waals surface area contributed by atoms with Crippen LogP contribution in [0, 0.1) is 5.92 Å². The molecule has 2 rings (SSSR count). The van der Waals surface area contributed by atoms with Crippen LogP contribution in [0.3, 0.4) is 0 Å². The maximum absolute atomic E-state index is 11.7. The molecule has 23 heavy (non-hydrogen) atoms. The van der Waals surface area contributed by atoms with Crippen LogP contribution < -0.4 is 26.5 Å². The fourth-order valence-corrected chi connectivity index (χ4v) is 1.91. The molecule has 0 heterocycles. The number of halogens is 1. The summed E-state index contributed by atoms with van der Waals surface area (Å²) >= 11 is 6.08. The SMILES string of the molecule is CCOC(=O)/C(NN)=C(/N)Oc1cc(OCC2CC2)ccc1Cl. The molecule has 0 aromatic heterocycles. The van der Waals surface area contributed by atoms with Crippen molar-refractivity contribution in [1.29, 1.82) is 0 Å². The quantitative estimate of drug-likeness (QED) is 0.217. The molecule has 0 atom stereocenters. The number of hydrazine groups is 1. The number of carbonyl (C=O) groups excluding carboxylic acids is 1. The van der Waals surface area contributed by atoms with E-state index >= 15 is 0 Å². The molecule has 1 aromatic carbocycles. The Bertz CT molecular complexity index is 602. The third-order valence-electron chi connectivity index (χ3n) is 3.18. The van der Waals surface area contributed by atoms with E-state index < -0.39 is 5.97 Å². The Kier molecular flexibility index (Phi) is 5.95. The van der Waals surface area contributed by atoms with Gasteiger partial charge < -0.3 is 25.4 Å². The first-order chi connectivity index (χ1) is 11.0. The summed E-state index contributed by atoms with van der Waals surface area (Å²) in [6, 6.07) is 4.98. The van der Waals surface area contributed by atoms with Crippen molar-refractivity contribution in [3.05, 3.63) is 34.8 Å². The van der Waals surface area contributed by atoms with Gasteiger partial charge in [0.15, 0.2) is 11.4 Å². The van der Waals surface area contributed by atoms with Crippen LogP contribution in [0.5, 0.6) is 11.5 Å². The first-order valence-electron chi connectivity index (χ1n) is 7.28. The van der Waals surface area contributed by atoms with E-state index in [1.54, 1.807) is 25.1 Å². The lowest BCUT2D eigenvalue weighted by Crippen LogP contribution is -2.32. The van der Waals surface area contributed by atoms with Crippen LogP contribution >= 0.6 is 11.6 Å². The highest BCUT2D eigenvalue weighted by Crippen LogP contribution is 2.33. The van der Waals surface area contributed by atoms with Crippen molar-refractivity contribution >= 4 is 17.6 Å². The molecule has 0 spiro atoms. The van der Waals surface area contributed by atoms with Gasteiger partial charge in [0.25, 0.3) is 0 Å². The summed E-state index contributed by atoms with van der Waals surface area (Å²) < 4.78 is 15.9. The average molecular weight is 342 g/mol. The molecular formula is C15H20ClN3O4. The van der Waals surface area contributed by atoms with E-state index in [-0.39, 0.29) is 23.9 Å². The molecule has 126 valence electrons. The minimum atomic E-state index is -0.718. The molecular weight excluding hydrogens is 322 g/mol. The lowest BCUT2D eigenvalue weighted by Gasteiger charge is -2.13. The zero-order valence-corrected chi connectivity index (χ0v) is 13.6. The smallest absolute Gasteiger partial charge is 0.361 e. The van der Waals surface area contributed by atoms with Gasteiger partial charge in [-0.15, -0.1) is 0 Å². The Balaban J connectivity index is 2.12. The number of hydrogen-bond donors (Lipinski definition) is 3. The minimum Gasteiger partial charge on any atom is -0.493 e. The number of esters is 1. The van der Waals surface area contributed by atoms with Gasteiger partial charge in [-0.2, -0.15) is 0 Å². The Morgan fingerprint density at radius 2 is 2.17 bits per heavy atom. The summed E-state index contributed by atoms with van der Waals surface area (Å²) in [4.78, 5) is 11.7. The zero-order valence-electron chi connectivity index (χ0n) is 12.8. The number of carbonyl (C=O) groups is 1. The normalized spacial score (nSPS) is 14.7. The fraction of sp³-hybridized carbons (Fsp3) is 0.400. The van der Waals surface area contributed by atoms with Gasteiger partial charge in [-0.05, 0) is 37.8 Å². The van der Waals surface area contributed by atoms with E-state index in [0.29, 0.717) is 23.3 Å². The lowest BCUT2D eigenvalue weighted by atomic mass is 10.3. The van der Waals surface area contributed by atoms with Crippen molar-refractivity contribution in [2.24, 2.45) is 17.5 Å². The van der Waals surface area contributed by atoms with Crippen molar-refractivity contribution in [3.63, 3.8) is 0 Å². The van der Waals surface area contributed by atoms with Crippen LogP contribution in [0.2, 0.25) is 5.02 Å². The Morgan fingerprint density at radius 3 is 2.78 bits per heavy atom. The first kappa shape index (κ1) is 17.2. The van der Waals surface area contributed by atoms with Crippen molar-refractivity contribution in [3.8, 4) is 11.5 Å². The Labute approximate surface area is 139 Å². The molecule has 5 N–H and O–H groups in total. The summed E-state index contributed by atoms with van der Waals surface area (Å²) in [6.45, 7) is 2.51. The summed E-state index contributed by atoms with van der Waals surface area (Å²) in [5.41, 5.74) is 7.74. The molecule has 0 radical (unpaired) electrons. The second-order valence-corrected chi connectivity index (χ2v) is 5.46. The van der Waals surface area contributed by atoms with Gasteiger partial charge in [0, 0.05) is 6.07 Å². The summed E-state index contributed by atoms with van der Waals surface area (Å²) in [7, 11) is 0. The van der Waals surface area contributed by atoms with Crippen LogP contribution in [0.4, 0.5) is 0 Å². The van der Waals surface area contributed by atoms with Crippen molar-refractivity contribution in [1.82, 2.24) is 5.43 Å². The van der Waals surface area contributed by atoms with E-state index in [9.17, 15) is 4.79 Å². The maximum atomic E-state index is 11.7. The average Bonchev–Trinajstić information content (AvgIpc) is 3.33. The number of rotatable bonds is 8. The highest BCUT2D eigenvalue weighted by molar-refractivity contribution is 6.32. The van der Waals surface area contributed by atoms with E-state index in [4.69, 9.17) is 37.4 Å².